The van der Waals surface area contributed by atoms with E-state index in [0.29, 0.717) is 0 Å². The zero-order chi connectivity index (χ0) is 12.5. The SMILES string of the molecule is Cn1cc(CN2CCCc3c(N)cccc32)nn1. The molecule has 1 aliphatic rings. The molecule has 1 aliphatic heterocycles. The van der Waals surface area contributed by atoms with Gasteiger partial charge in [0.1, 0.15) is 5.69 Å². The van der Waals surface area contributed by atoms with E-state index in [-0.39, 0.29) is 0 Å². The number of rotatable bonds is 2. The Morgan fingerprint density at radius 2 is 2.28 bits per heavy atom. The molecule has 18 heavy (non-hydrogen) atoms. The van der Waals surface area contributed by atoms with Crippen LogP contribution in [-0.4, -0.2) is 21.5 Å². The zero-order valence-corrected chi connectivity index (χ0v) is 10.5. The first-order valence-electron chi connectivity index (χ1n) is 6.21. The van der Waals surface area contributed by atoms with Crippen molar-refractivity contribution in [2.24, 2.45) is 7.05 Å². The number of benzene rings is 1. The number of hydrogen-bond donors (Lipinski definition) is 1. The average Bonchev–Trinajstić information content (AvgIpc) is 2.76. The predicted octanol–water partition coefficient (Wildman–Crippen LogP) is 1.35. The van der Waals surface area contributed by atoms with Gasteiger partial charge in [0, 0.05) is 31.2 Å². The number of nitrogens with zero attached hydrogens (tertiary/aromatic N) is 4. The van der Waals surface area contributed by atoms with E-state index in [2.05, 4.69) is 21.3 Å². The van der Waals surface area contributed by atoms with Crippen LogP contribution in [0.15, 0.2) is 24.4 Å². The molecule has 0 fully saturated rings. The highest BCUT2D eigenvalue weighted by atomic mass is 15.4. The van der Waals surface area contributed by atoms with Crippen LogP contribution in [0, 0.1) is 0 Å². The number of aryl methyl sites for hydroxylation is 1. The van der Waals surface area contributed by atoms with Crippen LogP contribution >= 0.6 is 0 Å². The van der Waals surface area contributed by atoms with E-state index in [0.717, 1.165) is 37.3 Å². The first-order valence-corrected chi connectivity index (χ1v) is 6.21. The Labute approximate surface area is 106 Å². The molecule has 0 amide bonds. The first-order chi connectivity index (χ1) is 8.74. The minimum atomic E-state index is 0.796. The maximum atomic E-state index is 6.04. The molecule has 5 heteroatoms. The second-order valence-corrected chi connectivity index (χ2v) is 4.75. The molecule has 0 bridgehead atoms. The van der Waals surface area contributed by atoms with Crippen molar-refractivity contribution in [1.82, 2.24) is 15.0 Å². The van der Waals surface area contributed by atoms with Gasteiger partial charge < -0.3 is 10.6 Å². The summed E-state index contributed by atoms with van der Waals surface area (Å²) in [6, 6.07) is 6.13. The summed E-state index contributed by atoms with van der Waals surface area (Å²) in [4.78, 5) is 2.33. The van der Waals surface area contributed by atoms with Crippen molar-refractivity contribution in [3.63, 3.8) is 0 Å². The molecule has 0 aliphatic carbocycles. The Kier molecular flexibility index (Phi) is 2.66. The van der Waals surface area contributed by atoms with Crippen molar-refractivity contribution in [1.29, 1.82) is 0 Å². The fourth-order valence-corrected chi connectivity index (χ4v) is 2.56. The van der Waals surface area contributed by atoms with Crippen molar-refractivity contribution in [2.75, 3.05) is 17.2 Å². The minimum absolute atomic E-state index is 0.796. The maximum Gasteiger partial charge on any atom is 0.102 e. The van der Waals surface area contributed by atoms with Crippen molar-refractivity contribution >= 4 is 11.4 Å². The largest absolute Gasteiger partial charge is 0.398 e. The molecular formula is C13H17N5. The van der Waals surface area contributed by atoms with E-state index in [4.69, 9.17) is 5.73 Å². The van der Waals surface area contributed by atoms with Gasteiger partial charge in [0.2, 0.25) is 0 Å². The molecule has 2 heterocycles. The molecule has 0 unspecified atom stereocenters. The van der Waals surface area contributed by atoms with Crippen molar-refractivity contribution in [3.8, 4) is 0 Å². The summed E-state index contributed by atoms with van der Waals surface area (Å²) in [7, 11) is 1.89. The third kappa shape index (κ3) is 1.92. The summed E-state index contributed by atoms with van der Waals surface area (Å²) in [5, 5.41) is 8.12. The van der Waals surface area contributed by atoms with E-state index >= 15 is 0 Å². The Morgan fingerprint density at radius 1 is 1.39 bits per heavy atom. The molecule has 0 radical (unpaired) electrons. The van der Waals surface area contributed by atoms with Gasteiger partial charge in [-0.15, -0.1) is 5.10 Å². The lowest BCUT2D eigenvalue weighted by atomic mass is 10.00. The Bertz CT molecular complexity index is 560. The van der Waals surface area contributed by atoms with Gasteiger partial charge in [-0.2, -0.15) is 0 Å². The summed E-state index contributed by atoms with van der Waals surface area (Å²) in [5.41, 5.74) is 10.4. The Balaban J connectivity index is 1.89. The standard InChI is InChI=1S/C13H17N5/c1-17-8-10(15-16-17)9-18-7-3-4-11-12(14)5-2-6-13(11)18/h2,5-6,8H,3-4,7,9,14H2,1H3. The monoisotopic (exact) mass is 243 g/mol. The highest BCUT2D eigenvalue weighted by molar-refractivity contribution is 5.66. The molecular weight excluding hydrogens is 226 g/mol. The van der Waals surface area contributed by atoms with Gasteiger partial charge in [-0.1, -0.05) is 11.3 Å². The van der Waals surface area contributed by atoms with Gasteiger partial charge in [-0.05, 0) is 30.5 Å². The third-order valence-electron chi connectivity index (χ3n) is 3.39. The lowest BCUT2D eigenvalue weighted by Gasteiger charge is -2.31. The molecule has 1 aromatic heterocycles. The second kappa shape index (κ2) is 4.33. The average molecular weight is 243 g/mol. The smallest absolute Gasteiger partial charge is 0.102 e. The van der Waals surface area contributed by atoms with Gasteiger partial charge >= 0.3 is 0 Å². The molecule has 0 spiro atoms. The molecule has 94 valence electrons. The topological polar surface area (TPSA) is 60.0 Å². The van der Waals surface area contributed by atoms with Crippen LogP contribution in [0.4, 0.5) is 11.4 Å². The van der Waals surface area contributed by atoms with Gasteiger partial charge in [0.25, 0.3) is 0 Å². The van der Waals surface area contributed by atoms with Crippen LogP contribution in [-0.2, 0) is 20.0 Å². The number of nitrogen functional groups attached to an aromatic ring is 1. The molecule has 3 rings (SSSR count). The summed E-state index contributed by atoms with van der Waals surface area (Å²) >= 11 is 0. The van der Waals surface area contributed by atoms with E-state index in [1.807, 2.05) is 25.4 Å². The van der Waals surface area contributed by atoms with Crippen molar-refractivity contribution in [3.05, 3.63) is 35.7 Å². The van der Waals surface area contributed by atoms with Gasteiger partial charge in [-0.3, -0.25) is 4.68 Å². The first kappa shape index (κ1) is 11.1. The quantitative estimate of drug-likeness (QED) is 0.809. The van der Waals surface area contributed by atoms with Crippen LogP contribution in [0.1, 0.15) is 17.7 Å². The van der Waals surface area contributed by atoms with Crippen LogP contribution in [0.2, 0.25) is 0 Å². The number of hydrogen-bond acceptors (Lipinski definition) is 4. The van der Waals surface area contributed by atoms with Crippen molar-refractivity contribution < 1.29 is 0 Å². The summed E-state index contributed by atoms with van der Waals surface area (Å²) < 4.78 is 1.74. The van der Waals surface area contributed by atoms with E-state index in [9.17, 15) is 0 Å². The van der Waals surface area contributed by atoms with Crippen LogP contribution in [0.5, 0.6) is 0 Å². The molecule has 0 saturated heterocycles. The normalized spacial score (nSPS) is 14.6. The van der Waals surface area contributed by atoms with Crippen LogP contribution in [0.25, 0.3) is 0 Å². The van der Waals surface area contributed by atoms with Gasteiger partial charge in [-0.25, -0.2) is 0 Å². The number of nitrogens with two attached hydrogens (primary N) is 1. The number of aromatic nitrogens is 3. The molecule has 1 aromatic carbocycles. The minimum Gasteiger partial charge on any atom is -0.398 e. The molecule has 0 atom stereocenters. The molecule has 5 nitrogen and oxygen atoms in total. The fraction of sp³-hybridized carbons (Fsp3) is 0.385. The summed E-state index contributed by atoms with van der Waals surface area (Å²) in [6.45, 7) is 1.84. The van der Waals surface area contributed by atoms with E-state index < -0.39 is 0 Å². The van der Waals surface area contributed by atoms with E-state index in [1.165, 1.54) is 11.3 Å². The molecule has 2 aromatic rings. The second-order valence-electron chi connectivity index (χ2n) is 4.75. The van der Waals surface area contributed by atoms with Crippen LogP contribution in [0.3, 0.4) is 0 Å². The summed E-state index contributed by atoms with van der Waals surface area (Å²) in [6.07, 6.45) is 4.17. The highest BCUT2D eigenvalue weighted by Gasteiger charge is 2.19. The Hall–Kier alpha value is -2.04. The summed E-state index contributed by atoms with van der Waals surface area (Å²) in [5.74, 6) is 0. The maximum absolute atomic E-state index is 6.04. The van der Waals surface area contributed by atoms with Gasteiger partial charge in [0.05, 0.1) is 6.54 Å². The number of fused-ring (bicyclic) bond motifs is 1. The fourth-order valence-electron chi connectivity index (χ4n) is 2.56. The zero-order valence-electron chi connectivity index (χ0n) is 10.5. The van der Waals surface area contributed by atoms with Crippen molar-refractivity contribution in [2.45, 2.75) is 19.4 Å². The lowest BCUT2D eigenvalue weighted by Crippen LogP contribution is -2.29. The highest BCUT2D eigenvalue weighted by Crippen LogP contribution is 2.31. The lowest BCUT2D eigenvalue weighted by molar-refractivity contribution is 0.681. The third-order valence-corrected chi connectivity index (χ3v) is 3.39. The number of anilines is 2. The van der Waals surface area contributed by atoms with Crippen LogP contribution < -0.4 is 10.6 Å². The molecule has 0 saturated carbocycles. The Morgan fingerprint density at radius 3 is 3.06 bits per heavy atom. The predicted molar refractivity (Wildman–Crippen MR) is 71.2 cm³/mol. The van der Waals surface area contributed by atoms with E-state index in [1.54, 1.807) is 4.68 Å². The molecule has 2 N–H and O–H groups in total. The van der Waals surface area contributed by atoms with Gasteiger partial charge in [0.15, 0.2) is 0 Å².